The lowest BCUT2D eigenvalue weighted by atomic mass is 9.86. The zero-order valence-corrected chi connectivity index (χ0v) is 8.10. The molecule has 11 heavy (non-hydrogen) atoms. The Bertz CT molecular complexity index is 201. The summed E-state index contributed by atoms with van der Waals surface area (Å²) >= 11 is 0. The summed E-state index contributed by atoms with van der Waals surface area (Å²) in [5, 5.41) is 10.0. The highest BCUT2D eigenvalue weighted by Crippen LogP contribution is 2.43. The van der Waals surface area contributed by atoms with Crippen molar-refractivity contribution in [1.29, 1.82) is 0 Å². The van der Waals surface area contributed by atoms with Gasteiger partial charge in [-0.2, -0.15) is 0 Å². The number of allylic oxidation sites excluding steroid dienone is 1. The van der Waals surface area contributed by atoms with Crippen LogP contribution in [0.2, 0.25) is 0 Å². The maximum absolute atomic E-state index is 10.0. The first-order valence-electron chi connectivity index (χ1n) is 4.29. The van der Waals surface area contributed by atoms with Crippen LogP contribution in [0.4, 0.5) is 0 Å². The Kier molecular flexibility index (Phi) is 1.87. The van der Waals surface area contributed by atoms with Gasteiger partial charge in [0.05, 0.1) is 5.60 Å². The van der Waals surface area contributed by atoms with Gasteiger partial charge in [0, 0.05) is 0 Å². The van der Waals surface area contributed by atoms with Crippen molar-refractivity contribution in [3.05, 3.63) is 11.1 Å². The molecule has 0 radical (unpaired) electrons. The molecular formula is C10H18O. The summed E-state index contributed by atoms with van der Waals surface area (Å²) in [6, 6.07) is 0. The minimum Gasteiger partial charge on any atom is -0.386 e. The van der Waals surface area contributed by atoms with Crippen molar-refractivity contribution < 1.29 is 5.11 Å². The highest BCUT2D eigenvalue weighted by Gasteiger charge is 2.41. The van der Waals surface area contributed by atoms with Gasteiger partial charge in [-0.25, -0.2) is 0 Å². The Balaban J connectivity index is 3.06. The van der Waals surface area contributed by atoms with E-state index in [4.69, 9.17) is 0 Å². The molecule has 0 fully saturated rings. The van der Waals surface area contributed by atoms with Crippen molar-refractivity contribution in [3.8, 4) is 0 Å². The standard InChI is InChI=1S/C10H18O/c1-6-7(2)9(4)10(5,11)8(6)3/h6,8,11H,1-5H3/t6-,8-,10?/m0/s1. The molecule has 0 bridgehead atoms. The molecule has 1 heteroatoms. The first kappa shape index (κ1) is 8.79. The van der Waals surface area contributed by atoms with Gasteiger partial charge in [-0.15, -0.1) is 0 Å². The average molecular weight is 154 g/mol. The second-order valence-corrected chi connectivity index (χ2v) is 4.03. The topological polar surface area (TPSA) is 20.2 Å². The van der Waals surface area contributed by atoms with E-state index in [-0.39, 0.29) is 0 Å². The molecule has 0 aliphatic heterocycles. The number of rotatable bonds is 0. The van der Waals surface area contributed by atoms with Gasteiger partial charge >= 0.3 is 0 Å². The lowest BCUT2D eigenvalue weighted by Gasteiger charge is -2.26. The fraction of sp³-hybridized carbons (Fsp3) is 0.800. The number of hydrogen-bond donors (Lipinski definition) is 1. The molecule has 1 nitrogen and oxygen atoms in total. The summed E-state index contributed by atoms with van der Waals surface area (Å²) in [4.78, 5) is 0. The van der Waals surface area contributed by atoms with Gasteiger partial charge in [0.1, 0.15) is 0 Å². The van der Waals surface area contributed by atoms with E-state index < -0.39 is 5.60 Å². The lowest BCUT2D eigenvalue weighted by molar-refractivity contribution is 0.0422. The maximum atomic E-state index is 10.0. The zero-order valence-electron chi connectivity index (χ0n) is 8.10. The molecule has 3 atom stereocenters. The molecule has 1 unspecified atom stereocenters. The third-order valence-electron chi connectivity index (χ3n) is 3.67. The van der Waals surface area contributed by atoms with Crippen molar-refractivity contribution in [2.24, 2.45) is 11.8 Å². The summed E-state index contributed by atoms with van der Waals surface area (Å²) in [5.41, 5.74) is 1.96. The molecule has 1 aliphatic carbocycles. The monoisotopic (exact) mass is 154 g/mol. The molecule has 1 rings (SSSR count). The minimum absolute atomic E-state index is 0.363. The Labute approximate surface area is 69.1 Å². The van der Waals surface area contributed by atoms with Crippen molar-refractivity contribution in [1.82, 2.24) is 0 Å². The van der Waals surface area contributed by atoms with Crippen LogP contribution in [0.1, 0.15) is 34.6 Å². The molecule has 0 spiro atoms. The maximum Gasteiger partial charge on any atom is 0.0859 e. The zero-order chi connectivity index (χ0) is 8.81. The molecule has 0 aromatic carbocycles. The Morgan fingerprint density at radius 3 is 1.82 bits per heavy atom. The highest BCUT2D eigenvalue weighted by atomic mass is 16.3. The normalized spacial score (nSPS) is 45.3. The van der Waals surface area contributed by atoms with E-state index in [0.29, 0.717) is 11.8 Å². The van der Waals surface area contributed by atoms with E-state index in [9.17, 15) is 5.11 Å². The lowest BCUT2D eigenvalue weighted by Crippen LogP contribution is -2.31. The predicted octanol–water partition coefficient (Wildman–Crippen LogP) is 2.36. The van der Waals surface area contributed by atoms with Crippen LogP contribution in [0.15, 0.2) is 11.1 Å². The molecule has 0 saturated carbocycles. The third-order valence-corrected chi connectivity index (χ3v) is 3.67. The highest BCUT2D eigenvalue weighted by molar-refractivity contribution is 5.30. The summed E-state index contributed by atoms with van der Waals surface area (Å²) in [6.07, 6.45) is 0. The largest absolute Gasteiger partial charge is 0.386 e. The molecule has 1 N–H and O–H groups in total. The summed E-state index contributed by atoms with van der Waals surface area (Å²) in [7, 11) is 0. The number of aliphatic hydroxyl groups is 1. The van der Waals surface area contributed by atoms with E-state index in [2.05, 4.69) is 20.8 Å². The Morgan fingerprint density at radius 1 is 1.27 bits per heavy atom. The van der Waals surface area contributed by atoms with Crippen molar-refractivity contribution in [2.45, 2.75) is 40.2 Å². The van der Waals surface area contributed by atoms with Gasteiger partial charge in [-0.3, -0.25) is 0 Å². The van der Waals surface area contributed by atoms with Crippen molar-refractivity contribution in [2.75, 3.05) is 0 Å². The summed E-state index contributed by atoms with van der Waals surface area (Å²) in [5.74, 6) is 0.896. The van der Waals surface area contributed by atoms with Crippen LogP contribution in [-0.4, -0.2) is 10.7 Å². The van der Waals surface area contributed by atoms with Crippen LogP contribution in [0.5, 0.6) is 0 Å². The van der Waals surface area contributed by atoms with Gasteiger partial charge in [0.15, 0.2) is 0 Å². The van der Waals surface area contributed by atoms with Crippen LogP contribution >= 0.6 is 0 Å². The minimum atomic E-state index is -0.566. The van der Waals surface area contributed by atoms with E-state index in [1.807, 2.05) is 13.8 Å². The fourth-order valence-corrected chi connectivity index (χ4v) is 1.94. The molecule has 64 valence electrons. The van der Waals surface area contributed by atoms with Gasteiger partial charge < -0.3 is 5.11 Å². The number of hydrogen-bond acceptors (Lipinski definition) is 1. The predicted molar refractivity (Wildman–Crippen MR) is 47.3 cm³/mol. The molecule has 0 aromatic heterocycles. The quantitative estimate of drug-likeness (QED) is 0.531. The van der Waals surface area contributed by atoms with Crippen LogP contribution in [-0.2, 0) is 0 Å². The fourth-order valence-electron chi connectivity index (χ4n) is 1.94. The smallest absolute Gasteiger partial charge is 0.0859 e. The molecule has 0 heterocycles. The van der Waals surface area contributed by atoms with Crippen molar-refractivity contribution >= 4 is 0 Å². The second-order valence-electron chi connectivity index (χ2n) is 4.03. The first-order valence-corrected chi connectivity index (χ1v) is 4.29. The van der Waals surface area contributed by atoms with Gasteiger partial charge in [-0.1, -0.05) is 19.4 Å². The molecule has 0 amide bonds. The van der Waals surface area contributed by atoms with E-state index in [0.717, 1.165) is 5.57 Å². The Hall–Kier alpha value is -0.300. The van der Waals surface area contributed by atoms with Crippen molar-refractivity contribution in [3.63, 3.8) is 0 Å². The second kappa shape index (κ2) is 2.34. The molecule has 0 saturated heterocycles. The van der Waals surface area contributed by atoms with Crippen LogP contribution in [0.25, 0.3) is 0 Å². The molecular weight excluding hydrogens is 136 g/mol. The van der Waals surface area contributed by atoms with Gasteiger partial charge in [0.25, 0.3) is 0 Å². The van der Waals surface area contributed by atoms with E-state index >= 15 is 0 Å². The van der Waals surface area contributed by atoms with Gasteiger partial charge in [0.2, 0.25) is 0 Å². The van der Waals surface area contributed by atoms with Crippen LogP contribution < -0.4 is 0 Å². The average Bonchev–Trinajstić information content (AvgIpc) is 2.06. The van der Waals surface area contributed by atoms with E-state index in [1.165, 1.54) is 5.57 Å². The van der Waals surface area contributed by atoms with Gasteiger partial charge in [-0.05, 0) is 38.2 Å². The van der Waals surface area contributed by atoms with Crippen LogP contribution in [0, 0.1) is 11.8 Å². The molecule has 0 aromatic rings. The Morgan fingerprint density at radius 2 is 1.73 bits per heavy atom. The summed E-state index contributed by atoms with van der Waals surface area (Å²) in [6.45, 7) is 10.4. The SMILES string of the molecule is CC1=C(C)C(C)(O)[C@@H](C)[C@H]1C. The third kappa shape index (κ3) is 1.02. The summed E-state index contributed by atoms with van der Waals surface area (Å²) < 4.78 is 0. The first-order chi connectivity index (χ1) is 4.89. The molecule has 1 aliphatic rings. The van der Waals surface area contributed by atoms with Crippen LogP contribution in [0.3, 0.4) is 0 Å². The van der Waals surface area contributed by atoms with E-state index in [1.54, 1.807) is 0 Å².